The largest absolute Gasteiger partial charge is 0.444 e. The third kappa shape index (κ3) is 9.27. The minimum absolute atomic E-state index is 0.0229. The molecule has 1 aromatic carbocycles. The van der Waals surface area contributed by atoms with Gasteiger partial charge in [-0.1, -0.05) is 24.3 Å². The number of nitrogens with zero attached hydrogens (tertiary/aromatic N) is 1. The molecule has 9 heteroatoms. The van der Waals surface area contributed by atoms with Crippen molar-refractivity contribution < 1.29 is 22.7 Å². The lowest BCUT2D eigenvalue weighted by Gasteiger charge is -2.32. The van der Waals surface area contributed by atoms with Crippen LogP contribution in [0.1, 0.15) is 44.7 Å². The van der Waals surface area contributed by atoms with Gasteiger partial charge in [0, 0.05) is 25.7 Å². The smallest absolute Gasteiger partial charge is 0.407 e. The fraction of sp³-hybridized carbons (Fsp3) is 0.600. The summed E-state index contributed by atoms with van der Waals surface area (Å²) in [4.78, 5) is 25.9. The van der Waals surface area contributed by atoms with E-state index in [1.54, 1.807) is 0 Å². The third-order valence-electron chi connectivity index (χ3n) is 4.40. The maximum atomic E-state index is 11.9. The Morgan fingerprint density at radius 3 is 2.17 bits per heavy atom. The first-order valence-electron chi connectivity index (χ1n) is 9.70. The number of hydrogen-bond acceptors (Lipinski definition) is 6. The summed E-state index contributed by atoms with van der Waals surface area (Å²) >= 11 is 0. The number of hydrogen-bond donors (Lipinski definition) is 2. The number of likely N-dealkylation sites (tertiary alicyclic amines) is 1. The zero-order valence-electron chi connectivity index (χ0n) is 17.5. The van der Waals surface area contributed by atoms with E-state index in [0.717, 1.165) is 49.9 Å². The van der Waals surface area contributed by atoms with Crippen LogP contribution in [0, 0.1) is 0 Å². The molecular formula is C20H31N3O5S. The van der Waals surface area contributed by atoms with Crippen LogP contribution in [0.15, 0.2) is 24.3 Å². The van der Waals surface area contributed by atoms with Gasteiger partial charge in [-0.05, 0) is 44.7 Å². The molecule has 1 aliphatic rings. The number of rotatable bonds is 6. The highest BCUT2D eigenvalue weighted by Crippen LogP contribution is 2.16. The van der Waals surface area contributed by atoms with E-state index in [2.05, 4.69) is 10.2 Å². The van der Waals surface area contributed by atoms with Crippen LogP contribution < -0.4 is 10.0 Å². The summed E-state index contributed by atoms with van der Waals surface area (Å²) in [5.74, 6) is -0.542. The number of ether oxygens (including phenoxy) is 1. The Morgan fingerprint density at radius 1 is 1.10 bits per heavy atom. The predicted octanol–water partition coefficient (Wildman–Crippen LogP) is 1.79. The maximum absolute atomic E-state index is 11.9. The highest BCUT2D eigenvalue weighted by Gasteiger charge is 2.23. The molecule has 0 radical (unpaired) electrons. The van der Waals surface area contributed by atoms with Crippen molar-refractivity contribution >= 4 is 22.0 Å². The van der Waals surface area contributed by atoms with Crippen LogP contribution in [0.2, 0.25) is 0 Å². The van der Waals surface area contributed by atoms with Gasteiger partial charge in [0.15, 0.2) is 0 Å². The van der Waals surface area contributed by atoms with Gasteiger partial charge in [-0.3, -0.25) is 14.4 Å². The molecule has 1 fully saturated rings. The molecule has 0 saturated carbocycles. The number of piperidine rings is 1. The molecule has 0 aliphatic carbocycles. The second-order valence-electron chi connectivity index (χ2n) is 8.49. The molecular weight excluding hydrogens is 394 g/mol. The van der Waals surface area contributed by atoms with E-state index in [0.29, 0.717) is 0 Å². The van der Waals surface area contributed by atoms with Gasteiger partial charge in [0.1, 0.15) is 5.60 Å². The van der Waals surface area contributed by atoms with Crippen molar-refractivity contribution in [1.82, 2.24) is 14.9 Å². The second-order valence-corrected chi connectivity index (χ2v) is 10.2. The molecule has 8 nitrogen and oxygen atoms in total. The topological polar surface area (TPSA) is 105 Å². The fourth-order valence-corrected chi connectivity index (χ4v) is 3.64. The molecule has 0 spiro atoms. The normalized spacial score (nSPS) is 16.3. The number of sulfonamides is 1. The van der Waals surface area contributed by atoms with Crippen molar-refractivity contribution in [3.8, 4) is 0 Å². The quantitative estimate of drug-likeness (QED) is 0.720. The predicted molar refractivity (Wildman–Crippen MR) is 111 cm³/mol. The first-order chi connectivity index (χ1) is 13.4. The summed E-state index contributed by atoms with van der Waals surface area (Å²) < 4.78 is 29.4. The molecule has 1 aromatic rings. The Labute approximate surface area is 173 Å². The molecule has 0 unspecified atom stereocenters. The number of amides is 2. The van der Waals surface area contributed by atoms with E-state index in [1.807, 2.05) is 49.8 Å². The fourth-order valence-electron chi connectivity index (χ4n) is 3.16. The zero-order chi connectivity index (χ0) is 21.7. The molecule has 1 saturated heterocycles. The summed E-state index contributed by atoms with van der Waals surface area (Å²) in [6, 6.07) is 7.71. The van der Waals surface area contributed by atoms with Gasteiger partial charge in [0.25, 0.3) is 0 Å². The number of nitrogens with one attached hydrogen (secondary N) is 2. The van der Waals surface area contributed by atoms with Crippen molar-refractivity contribution in [2.24, 2.45) is 0 Å². The van der Waals surface area contributed by atoms with Gasteiger partial charge in [0.05, 0.1) is 12.7 Å². The van der Waals surface area contributed by atoms with Crippen molar-refractivity contribution in [2.75, 3.05) is 19.3 Å². The lowest BCUT2D eigenvalue weighted by atomic mass is 10.0. The molecule has 2 rings (SSSR count). The second kappa shape index (κ2) is 9.58. The van der Waals surface area contributed by atoms with Gasteiger partial charge < -0.3 is 10.1 Å². The summed E-state index contributed by atoms with van der Waals surface area (Å²) in [6.45, 7) is 8.07. The van der Waals surface area contributed by atoms with E-state index in [9.17, 15) is 18.0 Å². The number of carbonyl (C=O) groups is 2. The Morgan fingerprint density at radius 2 is 1.66 bits per heavy atom. The monoisotopic (exact) mass is 425 g/mol. The van der Waals surface area contributed by atoms with E-state index >= 15 is 0 Å². The van der Waals surface area contributed by atoms with Gasteiger partial charge in [-0.15, -0.1) is 0 Å². The van der Waals surface area contributed by atoms with E-state index in [-0.39, 0.29) is 18.6 Å². The summed E-state index contributed by atoms with van der Waals surface area (Å²) in [5, 5.41) is 2.93. The maximum Gasteiger partial charge on any atom is 0.407 e. The Bertz CT molecular complexity index is 808. The molecule has 162 valence electrons. The zero-order valence-corrected chi connectivity index (χ0v) is 18.3. The molecule has 1 aliphatic heterocycles. The third-order valence-corrected chi connectivity index (χ3v) is 5.00. The van der Waals surface area contributed by atoms with Crippen molar-refractivity contribution in [2.45, 2.75) is 58.2 Å². The molecule has 0 aromatic heterocycles. The van der Waals surface area contributed by atoms with Crippen molar-refractivity contribution in [1.29, 1.82) is 0 Å². The average molecular weight is 426 g/mol. The Balaban J connectivity index is 1.76. The van der Waals surface area contributed by atoms with Crippen LogP contribution >= 0.6 is 0 Å². The SMILES string of the molecule is CC(C)(C)OC(=O)NC1CCN(Cc2ccc(CC(=O)NS(C)(=O)=O)cc2)CC1. The van der Waals surface area contributed by atoms with E-state index < -0.39 is 21.5 Å². The van der Waals surface area contributed by atoms with Gasteiger partial charge in [-0.2, -0.15) is 0 Å². The van der Waals surface area contributed by atoms with Gasteiger partial charge in [-0.25, -0.2) is 13.2 Å². The first kappa shape index (κ1) is 23.2. The summed E-state index contributed by atoms with van der Waals surface area (Å²) in [6.07, 6.45) is 2.34. The molecule has 0 bridgehead atoms. The Hall–Kier alpha value is -2.13. The number of carbonyl (C=O) groups excluding carboxylic acids is 2. The van der Waals surface area contributed by atoms with E-state index in [1.165, 1.54) is 0 Å². The van der Waals surface area contributed by atoms with Crippen LogP contribution in [0.5, 0.6) is 0 Å². The minimum atomic E-state index is -3.53. The van der Waals surface area contributed by atoms with Crippen molar-refractivity contribution in [3.63, 3.8) is 0 Å². The van der Waals surface area contributed by atoms with Gasteiger partial charge >= 0.3 is 6.09 Å². The highest BCUT2D eigenvalue weighted by atomic mass is 32.2. The Kier molecular flexibility index (Phi) is 7.65. The molecule has 29 heavy (non-hydrogen) atoms. The minimum Gasteiger partial charge on any atom is -0.444 e. The van der Waals surface area contributed by atoms with E-state index in [4.69, 9.17) is 4.74 Å². The molecule has 2 amide bonds. The van der Waals surface area contributed by atoms with Crippen LogP contribution in [-0.2, 0) is 32.5 Å². The lowest BCUT2D eigenvalue weighted by molar-refractivity contribution is -0.118. The number of benzene rings is 1. The standard InChI is InChI=1S/C20H31N3O5S/c1-20(2,3)28-19(25)21-17-9-11-23(12-10-17)14-16-7-5-15(6-8-16)13-18(24)22-29(4,26)27/h5-8,17H,9-14H2,1-4H3,(H,21,25)(H,22,24). The van der Waals surface area contributed by atoms with Crippen LogP contribution in [0.4, 0.5) is 4.79 Å². The molecule has 1 heterocycles. The average Bonchev–Trinajstić information content (AvgIpc) is 2.55. The molecule has 0 atom stereocenters. The van der Waals surface area contributed by atoms with Crippen LogP contribution in [0.3, 0.4) is 0 Å². The first-order valence-corrected chi connectivity index (χ1v) is 11.6. The molecule has 2 N–H and O–H groups in total. The van der Waals surface area contributed by atoms with Crippen LogP contribution in [0.25, 0.3) is 0 Å². The van der Waals surface area contributed by atoms with Crippen molar-refractivity contribution in [3.05, 3.63) is 35.4 Å². The highest BCUT2D eigenvalue weighted by molar-refractivity contribution is 7.89. The number of alkyl carbamates (subject to hydrolysis) is 1. The van der Waals surface area contributed by atoms with Crippen LogP contribution in [-0.4, -0.2) is 56.3 Å². The van der Waals surface area contributed by atoms with Gasteiger partial charge in [0.2, 0.25) is 15.9 Å². The lowest BCUT2D eigenvalue weighted by Crippen LogP contribution is -2.45. The summed E-state index contributed by atoms with van der Waals surface area (Å²) in [7, 11) is -3.53. The summed E-state index contributed by atoms with van der Waals surface area (Å²) in [5.41, 5.74) is 1.38.